The molecule has 1 aromatic carbocycles. The Labute approximate surface area is 127 Å². The molecule has 102 valence electrons. The molecule has 0 amide bonds. The van der Waals surface area contributed by atoms with Crippen molar-refractivity contribution >= 4 is 27.3 Å². The molecule has 0 saturated heterocycles. The van der Waals surface area contributed by atoms with Crippen LogP contribution in [-0.4, -0.2) is 0 Å². The molecule has 2 nitrogen and oxygen atoms in total. The lowest BCUT2D eigenvalue weighted by Gasteiger charge is -2.15. The summed E-state index contributed by atoms with van der Waals surface area (Å²) >= 11 is 5.20. The summed E-state index contributed by atoms with van der Waals surface area (Å²) in [6.45, 7) is 4.42. The second-order valence-electron chi connectivity index (χ2n) is 4.99. The summed E-state index contributed by atoms with van der Waals surface area (Å²) in [4.78, 5) is 1.25. The minimum Gasteiger partial charge on any atom is -0.271 e. The van der Waals surface area contributed by atoms with Gasteiger partial charge in [0.25, 0.3) is 0 Å². The van der Waals surface area contributed by atoms with Gasteiger partial charge in [0.05, 0.1) is 6.04 Å². The molecule has 0 bridgehead atoms. The first-order valence-electron chi connectivity index (χ1n) is 6.39. The molecule has 1 aromatic heterocycles. The molecule has 2 rings (SSSR count). The Morgan fingerprint density at radius 1 is 1.26 bits per heavy atom. The maximum atomic E-state index is 5.68. The molecule has 1 heterocycles. The van der Waals surface area contributed by atoms with Crippen LogP contribution in [0.5, 0.6) is 0 Å². The molecule has 3 N–H and O–H groups in total. The van der Waals surface area contributed by atoms with Crippen LogP contribution < -0.4 is 11.3 Å². The van der Waals surface area contributed by atoms with E-state index in [2.05, 4.69) is 70.9 Å². The molecule has 1 atom stereocenters. The molecular formula is C15H19BrN2S. The van der Waals surface area contributed by atoms with Crippen LogP contribution in [-0.2, 0) is 6.42 Å². The molecule has 2 aromatic rings. The molecule has 4 heteroatoms. The number of benzene rings is 1. The van der Waals surface area contributed by atoms with Crippen LogP contribution >= 0.6 is 27.3 Å². The molecule has 0 aliphatic rings. The molecule has 0 aliphatic heterocycles. The van der Waals surface area contributed by atoms with Crippen molar-refractivity contribution in [3.8, 4) is 0 Å². The quantitative estimate of drug-likeness (QED) is 0.627. The SMILES string of the molecule is CC(C)c1ccc(CC(NN)c2cc(Br)cs2)cc1. The Hall–Kier alpha value is -0.680. The molecule has 0 saturated carbocycles. The van der Waals surface area contributed by atoms with E-state index in [0.29, 0.717) is 5.92 Å². The average Bonchev–Trinajstić information content (AvgIpc) is 2.83. The fraction of sp³-hybridized carbons (Fsp3) is 0.333. The van der Waals surface area contributed by atoms with Gasteiger partial charge >= 0.3 is 0 Å². The first-order valence-corrected chi connectivity index (χ1v) is 8.06. The number of nitrogens with two attached hydrogens (primary N) is 1. The van der Waals surface area contributed by atoms with E-state index in [4.69, 9.17) is 5.84 Å². The summed E-state index contributed by atoms with van der Waals surface area (Å²) < 4.78 is 1.11. The average molecular weight is 339 g/mol. The van der Waals surface area contributed by atoms with Crippen molar-refractivity contribution in [3.05, 3.63) is 56.2 Å². The molecular weight excluding hydrogens is 320 g/mol. The van der Waals surface area contributed by atoms with E-state index in [9.17, 15) is 0 Å². The third kappa shape index (κ3) is 3.89. The smallest absolute Gasteiger partial charge is 0.0593 e. The van der Waals surface area contributed by atoms with E-state index in [0.717, 1.165) is 10.9 Å². The fourth-order valence-corrected chi connectivity index (χ4v) is 3.53. The van der Waals surface area contributed by atoms with Gasteiger partial charge in [-0.1, -0.05) is 38.1 Å². The van der Waals surface area contributed by atoms with Crippen LogP contribution in [0.25, 0.3) is 0 Å². The third-order valence-electron chi connectivity index (χ3n) is 3.22. The van der Waals surface area contributed by atoms with Crippen molar-refractivity contribution in [1.82, 2.24) is 5.43 Å². The monoisotopic (exact) mass is 338 g/mol. The van der Waals surface area contributed by atoms with Crippen LogP contribution in [0.1, 0.15) is 41.8 Å². The standard InChI is InChI=1S/C15H19BrN2S/c1-10(2)12-5-3-11(4-6-12)7-14(18-17)15-8-13(16)9-19-15/h3-6,8-10,14,18H,7,17H2,1-2H3. The Kier molecular flexibility index (Phi) is 5.16. The first-order chi connectivity index (χ1) is 9.10. The molecule has 0 fully saturated rings. The molecule has 1 unspecified atom stereocenters. The lowest BCUT2D eigenvalue weighted by atomic mass is 9.99. The van der Waals surface area contributed by atoms with Gasteiger partial charge in [-0.2, -0.15) is 0 Å². The van der Waals surface area contributed by atoms with Gasteiger partial charge in [0, 0.05) is 14.7 Å². The number of hydrogen-bond donors (Lipinski definition) is 2. The van der Waals surface area contributed by atoms with Crippen LogP contribution in [0.2, 0.25) is 0 Å². The predicted octanol–water partition coefficient (Wildman–Crippen LogP) is 4.38. The maximum absolute atomic E-state index is 5.68. The van der Waals surface area contributed by atoms with Crippen molar-refractivity contribution in [3.63, 3.8) is 0 Å². The van der Waals surface area contributed by atoms with E-state index < -0.39 is 0 Å². The summed E-state index contributed by atoms with van der Waals surface area (Å²) in [6.07, 6.45) is 0.905. The fourth-order valence-electron chi connectivity index (χ4n) is 2.03. The largest absolute Gasteiger partial charge is 0.271 e. The van der Waals surface area contributed by atoms with Gasteiger partial charge in [-0.3, -0.25) is 11.3 Å². The van der Waals surface area contributed by atoms with Gasteiger partial charge in [-0.15, -0.1) is 11.3 Å². The van der Waals surface area contributed by atoms with E-state index in [1.807, 2.05) is 0 Å². The zero-order valence-electron chi connectivity index (χ0n) is 11.2. The Morgan fingerprint density at radius 3 is 2.42 bits per heavy atom. The minimum absolute atomic E-state index is 0.168. The topological polar surface area (TPSA) is 38.0 Å². The second-order valence-corrected chi connectivity index (χ2v) is 6.85. The third-order valence-corrected chi connectivity index (χ3v) is 5.03. The summed E-state index contributed by atoms with van der Waals surface area (Å²) in [5, 5.41) is 2.08. The summed E-state index contributed by atoms with van der Waals surface area (Å²) in [5.74, 6) is 6.26. The van der Waals surface area contributed by atoms with Crippen molar-refractivity contribution in [2.75, 3.05) is 0 Å². The van der Waals surface area contributed by atoms with Gasteiger partial charge in [0.15, 0.2) is 0 Å². The Balaban J connectivity index is 2.10. The van der Waals surface area contributed by atoms with Crippen LogP contribution in [0, 0.1) is 0 Å². The maximum Gasteiger partial charge on any atom is 0.0593 e. The lowest BCUT2D eigenvalue weighted by molar-refractivity contribution is 0.560. The molecule has 0 spiro atoms. The van der Waals surface area contributed by atoms with Crippen LogP contribution in [0.4, 0.5) is 0 Å². The molecule has 19 heavy (non-hydrogen) atoms. The van der Waals surface area contributed by atoms with Gasteiger partial charge in [-0.25, -0.2) is 0 Å². The zero-order chi connectivity index (χ0) is 13.8. The predicted molar refractivity (Wildman–Crippen MR) is 86.3 cm³/mol. The number of thiophene rings is 1. The highest BCUT2D eigenvalue weighted by Crippen LogP contribution is 2.27. The lowest BCUT2D eigenvalue weighted by Crippen LogP contribution is -2.28. The van der Waals surface area contributed by atoms with Gasteiger partial charge in [-0.05, 0) is 45.5 Å². The van der Waals surface area contributed by atoms with E-state index >= 15 is 0 Å². The van der Waals surface area contributed by atoms with E-state index in [1.54, 1.807) is 11.3 Å². The van der Waals surface area contributed by atoms with Gasteiger partial charge in [0.1, 0.15) is 0 Å². The van der Waals surface area contributed by atoms with Crippen LogP contribution in [0.15, 0.2) is 40.2 Å². The number of nitrogens with one attached hydrogen (secondary N) is 1. The summed E-state index contributed by atoms with van der Waals surface area (Å²) in [5.41, 5.74) is 5.58. The number of halogens is 1. The highest BCUT2D eigenvalue weighted by Gasteiger charge is 2.13. The molecule has 0 radical (unpaired) electrons. The Morgan fingerprint density at radius 2 is 1.95 bits per heavy atom. The normalized spacial score (nSPS) is 12.9. The van der Waals surface area contributed by atoms with Crippen molar-refractivity contribution in [2.45, 2.75) is 32.2 Å². The van der Waals surface area contributed by atoms with E-state index in [1.165, 1.54) is 16.0 Å². The van der Waals surface area contributed by atoms with Crippen molar-refractivity contribution in [2.24, 2.45) is 5.84 Å². The molecule has 0 aliphatic carbocycles. The van der Waals surface area contributed by atoms with Gasteiger partial charge in [0.2, 0.25) is 0 Å². The number of hydrogen-bond acceptors (Lipinski definition) is 3. The Bertz CT molecular complexity index is 519. The highest BCUT2D eigenvalue weighted by molar-refractivity contribution is 9.10. The second kappa shape index (κ2) is 6.66. The van der Waals surface area contributed by atoms with Crippen molar-refractivity contribution in [1.29, 1.82) is 0 Å². The van der Waals surface area contributed by atoms with Crippen LogP contribution in [0.3, 0.4) is 0 Å². The zero-order valence-corrected chi connectivity index (χ0v) is 13.6. The van der Waals surface area contributed by atoms with Gasteiger partial charge < -0.3 is 0 Å². The number of hydrazine groups is 1. The minimum atomic E-state index is 0.168. The number of rotatable bonds is 5. The van der Waals surface area contributed by atoms with Crippen molar-refractivity contribution < 1.29 is 0 Å². The first kappa shape index (κ1) is 14.7. The van der Waals surface area contributed by atoms with E-state index in [-0.39, 0.29) is 6.04 Å². The highest BCUT2D eigenvalue weighted by atomic mass is 79.9. The summed E-state index contributed by atoms with van der Waals surface area (Å²) in [7, 11) is 0. The summed E-state index contributed by atoms with van der Waals surface area (Å²) in [6, 6.07) is 11.1.